The number of pyridine rings is 2. The number of ether oxygens (including phenoxy) is 1. The van der Waals surface area contributed by atoms with Crippen LogP contribution in [0.4, 0.5) is 0 Å². The summed E-state index contributed by atoms with van der Waals surface area (Å²) < 4.78 is 6.07. The Morgan fingerprint density at radius 1 is 1.09 bits per heavy atom. The summed E-state index contributed by atoms with van der Waals surface area (Å²) in [6.45, 7) is 0.554. The highest BCUT2D eigenvalue weighted by Gasteiger charge is 2.22. The van der Waals surface area contributed by atoms with E-state index in [0.717, 1.165) is 41.9 Å². The summed E-state index contributed by atoms with van der Waals surface area (Å²) in [6.07, 6.45) is 8.93. The van der Waals surface area contributed by atoms with Crippen molar-refractivity contribution in [3.8, 4) is 11.4 Å². The smallest absolute Gasteiger partial charge is 0.0996 e. The van der Waals surface area contributed by atoms with Gasteiger partial charge >= 0.3 is 0 Å². The Morgan fingerprint density at radius 3 is 2.87 bits per heavy atom. The van der Waals surface area contributed by atoms with Crippen LogP contribution in [0.25, 0.3) is 11.4 Å². The molecule has 0 spiro atoms. The zero-order chi connectivity index (χ0) is 15.5. The van der Waals surface area contributed by atoms with Crippen LogP contribution in [0, 0.1) is 0 Å². The number of aryl methyl sites for hydroxylation is 1. The summed E-state index contributed by atoms with van der Waals surface area (Å²) in [6, 6.07) is 9.86. The van der Waals surface area contributed by atoms with Crippen molar-refractivity contribution in [2.45, 2.75) is 32.0 Å². The minimum absolute atomic E-state index is 0.108. The van der Waals surface area contributed by atoms with Crippen molar-refractivity contribution in [3.05, 3.63) is 65.7 Å². The third-order valence-corrected chi connectivity index (χ3v) is 4.19. The third-order valence-electron chi connectivity index (χ3n) is 4.19. The van der Waals surface area contributed by atoms with Gasteiger partial charge in [0.25, 0.3) is 0 Å². The Hall–Kier alpha value is -2.53. The van der Waals surface area contributed by atoms with Gasteiger partial charge in [0.15, 0.2) is 0 Å². The number of nitrogens with one attached hydrogen (secondary N) is 1. The number of H-pyrrole nitrogens is 1. The van der Waals surface area contributed by atoms with Crippen LogP contribution in [0.2, 0.25) is 0 Å². The van der Waals surface area contributed by atoms with Crippen molar-refractivity contribution >= 4 is 0 Å². The second-order valence-corrected chi connectivity index (χ2v) is 5.77. The SMILES string of the molecule is c1ccc(-c2ccc(CO[C@@H]3CCCc4cn[nH]c43)cn2)nc1. The number of fused-ring (bicyclic) bond motifs is 1. The maximum atomic E-state index is 6.07. The highest BCUT2D eigenvalue weighted by Crippen LogP contribution is 2.31. The van der Waals surface area contributed by atoms with Gasteiger partial charge in [-0.25, -0.2) is 0 Å². The minimum atomic E-state index is 0.108. The normalized spacial score (nSPS) is 17.0. The number of nitrogens with zero attached hydrogens (tertiary/aromatic N) is 3. The van der Waals surface area contributed by atoms with Crippen molar-refractivity contribution < 1.29 is 4.74 Å². The summed E-state index contributed by atoms with van der Waals surface area (Å²) >= 11 is 0. The van der Waals surface area contributed by atoms with Gasteiger partial charge < -0.3 is 4.74 Å². The van der Waals surface area contributed by atoms with Crippen LogP contribution in [-0.4, -0.2) is 20.2 Å². The molecule has 0 saturated heterocycles. The van der Waals surface area contributed by atoms with Crippen LogP contribution >= 0.6 is 0 Å². The predicted molar refractivity (Wildman–Crippen MR) is 86.5 cm³/mol. The monoisotopic (exact) mass is 306 g/mol. The number of aromatic nitrogens is 4. The molecular formula is C18H18N4O. The first-order chi connectivity index (χ1) is 11.4. The largest absolute Gasteiger partial charge is 0.367 e. The Balaban J connectivity index is 1.43. The van der Waals surface area contributed by atoms with Crippen LogP contribution in [0.3, 0.4) is 0 Å². The van der Waals surface area contributed by atoms with Gasteiger partial charge in [0.05, 0.1) is 36.0 Å². The van der Waals surface area contributed by atoms with E-state index in [1.807, 2.05) is 42.7 Å². The van der Waals surface area contributed by atoms with E-state index < -0.39 is 0 Å². The molecule has 0 bridgehead atoms. The van der Waals surface area contributed by atoms with Crippen LogP contribution in [0.15, 0.2) is 48.9 Å². The molecule has 3 aromatic heterocycles. The van der Waals surface area contributed by atoms with Crippen molar-refractivity contribution in [1.82, 2.24) is 20.2 Å². The van der Waals surface area contributed by atoms with Gasteiger partial charge in [0.1, 0.15) is 0 Å². The molecule has 0 unspecified atom stereocenters. The Morgan fingerprint density at radius 2 is 2.04 bits per heavy atom. The molecule has 0 aliphatic heterocycles. The van der Waals surface area contributed by atoms with E-state index in [2.05, 4.69) is 20.2 Å². The second kappa shape index (κ2) is 6.30. The molecule has 5 heteroatoms. The number of rotatable bonds is 4. The van der Waals surface area contributed by atoms with Gasteiger partial charge in [-0.3, -0.25) is 15.1 Å². The quantitative estimate of drug-likeness (QED) is 0.801. The van der Waals surface area contributed by atoms with Crippen molar-refractivity contribution in [2.75, 3.05) is 0 Å². The molecule has 1 aliphatic carbocycles. The molecule has 3 heterocycles. The molecule has 1 N–H and O–H groups in total. The lowest BCUT2D eigenvalue weighted by Gasteiger charge is -2.22. The summed E-state index contributed by atoms with van der Waals surface area (Å²) in [5, 5.41) is 7.21. The topological polar surface area (TPSA) is 63.7 Å². The first-order valence-corrected chi connectivity index (χ1v) is 7.90. The molecule has 0 radical (unpaired) electrons. The molecule has 23 heavy (non-hydrogen) atoms. The van der Waals surface area contributed by atoms with E-state index in [4.69, 9.17) is 4.74 Å². The van der Waals surface area contributed by atoms with E-state index in [0.29, 0.717) is 6.61 Å². The van der Waals surface area contributed by atoms with Gasteiger partial charge in [-0.15, -0.1) is 0 Å². The molecular weight excluding hydrogens is 288 g/mol. The Labute approximate surface area is 134 Å². The number of aromatic amines is 1. The Kier molecular flexibility index (Phi) is 3.86. The molecule has 1 atom stereocenters. The van der Waals surface area contributed by atoms with Crippen molar-refractivity contribution in [3.63, 3.8) is 0 Å². The lowest BCUT2D eigenvalue weighted by atomic mass is 9.96. The van der Waals surface area contributed by atoms with Crippen LogP contribution < -0.4 is 0 Å². The molecule has 0 fully saturated rings. The zero-order valence-corrected chi connectivity index (χ0v) is 12.8. The van der Waals surface area contributed by atoms with E-state index in [1.54, 1.807) is 6.20 Å². The molecule has 116 valence electrons. The van der Waals surface area contributed by atoms with E-state index in [-0.39, 0.29) is 6.10 Å². The summed E-state index contributed by atoms with van der Waals surface area (Å²) in [5.41, 5.74) is 5.24. The molecule has 0 aromatic carbocycles. The van der Waals surface area contributed by atoms with E-state index >= 15 is 0 Å². The lowest BCUT2D eigenvalue weighted by Crippen LogP contribution is -2.12. The highest BCUT2D eigenvalue weighted by molar-refractivity contribution is 5.53. The van der Waals surface area contributed by atoms with Crippen LogP contribution in [0.5, 0.6) is 0 Å². The number of hydrogen-bond donors (Lipinski definition) is 1. The fourth-order valence-corrected chi connectivity index (χ4v) is 2.96. The zero-order valence-electron chi connectivity index (χ0n) is 12.8. The number of hydrogen-bond acceptors (Lipinski definition) is 4. The maximum Gasteiger partial charge on any atom is 0.0996 e. The van der Waals surface area contributed by atoms with Gasteiger partial charge in [-0.05, 0) is 48.6 Å². The van der Waals surface area contributed by atoms with Gasteiger partial charge in [0.2, 0.25) is 0 Å². The van der Waals surface area contributed by atoms with Crippen LogP contribution in [-0.2, 0) is 17.8 Å². The van der Waals surface area contributed by atoms with Gasteiger partial charge in [0, 0.05) is 12.4 Å². The maximum absolute atomic E-state index is 6.07. The predicted octanol–water partition coefficient (Wildman–Crippen LogP) is 3.46. The van der Waals surface area contributed by atoms with E-state index in [9.17, 15) is 0 Å². The Bertz CT molecular complexity index is 767. The lowest BCUT2D eigenvalue weighted by molar-refractivity contribution is 0.0253. The average molecular weight is 306 g/mol. The molecule has 1 aliphatic rings. The first-order valence-electron chi connectivity index (χ1n) is 7.90. The molecule has 0 saturated carbocycles. The second-order valence-electron chi connectivity index (χ2n) is 5.77. The average Bonchev–Trinajstić information content (AvgIpc) is 3.10. The van der Waals surface area contributed by atoms with Crippen LogP contribution in [0.1, 0.15) is 35.8 Å². The fourth-order valence-electron chi connectivity index (χ4n) is 2.96. The highest BCUT2D eigenvalue weighted by atomic mass is 16.5. The third kappa shape index (κ3) is 3.00. The fraction of sp³-hybridized carbons (Fsp3) is 0.278. The standard InChI is InChI=1S/C18H18N4O/c1-2-9-19-15(5-1)16-8-7-13(10-20-16)12-23-17-6-3-4-14-11-21-22-18(14)17/h1-2,5,7-11,17H,3-4,6,12H2,(H,21,22)/t17-/m1/s1. The molecule has 4 rings (SSSR count). The van der Waals surface area contributed by atoms with Gasteiger partial charge in [-0.2, -0.15) is 5.10 Å². The summed E-state index contributed by atoms with van der Waals surface area (Å²) in [7, 11) is 0. The molecule has 5 nitrogen and oxygen atoms in total. The molecule has 3 aromatic rings. The van der Waals surface area contributed by atoms with Gasteiger partial charge in [-0.1, -0.05) is 12.1 Å². The first kappa shape index (κ1) is 14.1. The van der Waals surface area contributed by atoms with E-state index in [1.165, 1.54) is 5.56 Å². The summed E-state index contributed by atoms with van der Waals surface area (Å²) in [5.74, 6) is 0. The van der Waals surface area contributed by atoms with Crippen molar-refractivity contribution in [2.24, 2.45) is 0 Å². The molecule has 0 amide bonds. The summed E-state index contributed by atoms with van der Waals surface area (Å²) in [4.78, 5) is 8.80. The minimum Gasteiger partial charge on any atom is -0.367 e. The van der Waals surface area contributed by atoms with Crippen molar-refractivity contribution in [1.29, 1.82) is 0 Å².